The fourth-order valence-electron chi connectivity index (χ4n) is 0.387. The van der Waals surface area contributed by atoms with E-state index in [1.165, 1.54) is 13.0 Å². The molecule has 0 nitrogen and oxygen atoms in total. The summed E-state index contributed by atoms with van der Waals surface area (Å²) in [5.41, 5.74) is 0.972. The van der Waals surface area contributed by atoms with E-state index in [1.54, 1.807) is 6.08 Å². The highest BCUT2D eigenvalue weighted by atomic mass is 19.1. The lowest BCUT2D eigenvalue weighted by atomic mass is 10.2. The zero-order chi connectivity index (χ0) is 7.28. The van der Waals surface area contributed by atoms with E-state index in [2.05, 4.69) is 6.58 Å². The van der Waals surface area contributed by atoms with Crippen molar-refractivity contribution in [3.8, 4) is 0 Å². The van der Waals surface area contributed by atoms with Crippen molar-refractivity contribution in [3.05, 3.63) is 24.3 Å². The molecule has 0 radical (unpaired) electrons. The molecule has 0 aromatic heterocycles. The minimum absolute atomic E-state index is 0.853. The Morgan fingerprint density at radius 2 is 2.33 bits per heavy atom. The molecule has 0 rings (SSSR count). The van der Waals surface area contributed by atoms with Crippen molar-refractivity contribution in [1.29, 1.82) is 0 Å². The number of rotatable bonds is 3. The number of alkyl halides is 1. The van der Waals surface area contributed by atoms with Crippen molar-refractivity contribution in [1.82, 2.24) is 0 Å². The third-order valence-corrected chi connectivity index (χ3v) is 1.05. The molecule has 1 unspecified atom stereocenters. The minimum Gasteiger partial charge on any atom is -0.243 e. The van der Waals surface area contributed by atoms with Gasteiger partial charge in [-0.25, -0.2) is 4.39 Å². The lowest BCUT2D eigenvalue weighted by Crippen LogP contribution is -1.83. The molecule has 0 bridgehead atoms. The van der Waals surface area contributed by atoms with Gasteiger partial charge in [0.15, 0.2) is 0 Å². The summed E-state index contributed by atoms with van der Waals surface area (Å²) < 4.78 is 12.1. The van der Waals surface area contributed by atoms with E-state index in [4.69, 9.17) is 0 Å². The van der Waals surface area contributed by atoms with Gasteiger partial charge in [0.1, 0.15) is 6.17 Å². The van der Waals surface area contributed by atoms with Gasteiger partial charge in [-0.05, 0) is 13.3 Å². The smallest absolute Gasteiger partial charge is 0.116 e. The first-order chi connectivity index (χ1) is 4.16. The maximum absolute atomic E-state index is 12.1. The third-order valence-electron chi connectivity index (χ3n) is 1.05. The Balaban J connectivity index is 3.57. The Morgan fingerprint density at radius 1 is 1.78 bits per heavy atom. The number of allylic oxidation sites excluding steroid dienone is 3. The van der Waals surface area contributed by atoms with Crippen molar-refractivity contribution in [2.75, 3.05) is 0 Å². The van der Waals surface area contributed by atoms with Crippen molar-refractivity contribution in [3.63, 3.8) is 0 Å². The second-order valence-corrected chi connectivity index (χ2v) is 2.05. The molecule has 0 spiro atoms. The van der Waals surface area contributed by atoms with Gasteiger partial charge in [-0.1, -0.05) is 31.2 Å². The van der Waals surface area contributed by atoms with Gasteiger partial charge in [0.05, 0.1) is 0 Å². The molecule has 9 heavy (non-hydrogen) atoms. The van der Waals surface area contributed by atoms with E-state index in [0.717, 1.165) is 12.0 Å². The van der Waals surface area contributed by atoms with Crippen molar-refractivity contribution < 1.29 is 4.39 Å². The van der Waals surface area contributed by atoms with E-state index < -0.39 is 6.17 Å². The molecule has 0 aromatic carbocycles. The molecule has 0 amide bonds. The summed E-state index contributed by atoms with van der Waals surface area (Å²) in [6.45, 7) is 7.19. The summed E-state index contributed by atoms with van der Waals surface area (Å²) >= 11 is 0. The largest absolute Gasteiger partial charge is 0.243 e. The van der Waals surface area contributed by atoms with Crippen LogP contribution in [-0.4, -0.2) is 6.17 Å². The van der Waals surface area contributed by atoms with Gasteiger partial charge in [-0.3, -0.25) is 0 Å². The highest BCUT2D eigenvalue weighted by Gasteiger charge is 1.87. The van der Waals surface area contributed by atoms with E-state index in [0.29, 0.717) is 0 Å². The molecule has 1 heteroatoms. The predicted octanol–water partition coefficient (Wildman–Crippen LogP) is 2.87. The Morgan fingerprint density at radius 3 is 2.67 bits per heavy atom. The van der Waals surface area contributed by atoms with Gasteiger partial charge >= 0.3 is 0 Å². The molecule has 0 aliphatic heterocycles. The van der Waals surface area contributed by atoms with Crippen LogP contribution < -0.4 is 0 Å². The van der Waals surface area contributed by atoms with Gasteiger partial charge in [-0.2, -0.15) is 0 Å². The number of halogens is 1. The van der Waals surface area contributed by atoms with Gasteiger partial charge in [-0.15, -0.1) is 0 Å². The average Bonchev–Trinajstić information content (AvgIpc) is 1.83. The Kier molecular flexibility index (Phi) is 4.02. The maximum Gasteiger partial charge on any atom is 0.116 e. The zero-order valence-electron chi connectivity index (χ0n) is 6.02. The molecule has 0 saturated heterocycles. The topological polar surface area (TPSA) is 0 Å². The molecule has 52 valence electrons. The standard InChI is InChI=1S/C8H13F/c1-4-7(2)5-6-8(3)9/h5-6,8H,2,4H2,1,3H3/b6-5-. The van der Waals surface area contributed by atoms with Crippen LogP contribution in [0.15, 0.2) is 24.3 Å². The Hall–Kier alpha value is -0.590. The van der Waals surface area contributed by atoms with Gasteiger partial charge < -0.3 is 0 Å². The molecule has 0 aromatic rings. The van der Waals surface area contributed by atoms with Gasteiger partial charge in [0.25, 0.3) is 0 Å². The SMILES string of the molecule is C=C(/C=C\C(C)F)CC. The fraction of sp³-hybridized carbons (Fsp3) is 0.500. The van der Waals surface area contributed by atoms with E-state index in [1.807, 2.05) is 6.92 Å². The van der Waals surface area contributed by atoms with Crippen LogP contribution in [0.4, 0.5) is 4.39 Å². The molecule has 0 saturated carbocycles. The normalized spacial score (nSPS) is 14.1. The summed E-state index contributed by atoms with van der Waals surface area (Å²) in [4.78, 5) is 0. The summed E-state index contributed by atoms with van der Waals surface area (Å²) in [7, 11) is 0. The lowest BCUT2D eigenvalue weighted by Gasteiger charge is -1.91. The summed E-state index contributed by atoms with van der Waals surface area (Å²) in [6, 6.07) is 0. The second kappa shape index (κ2) is 4.30. The number of hydrogen-bond acceptors (Lipinski definition) is 0. The van der Waals surface area contributed by atoms with Crippen LogP contribution in [0.3, 0.4) is 0 Å². The van der Waals surface area contributed by atoms with Crippen molar-refractivity contribution in [2.45, 2.75) is 26.4 Å². The summed E-state index contributed by atoms with van der Waals surface area (Å²) in [5, 5.41) is 0. The first-order valence-corrected chi connectivity index (χ1v) is 3.17. The first-order valence-electron chi connectivity index (χ1n) is 3.17. The Labute approximate surface area is 56.1 Å². The van der Waals surface area contributed by atoms with Crippen LogP contribution in [0.1, 0.15) is 20.3 Å². The quantitative estimate of drug-likeness (QED) is 0.513. The molecule has 0 heterocycles. The highest BCUT2D eigenvalue weighted by Crippen LogP contribution is 2.00. The second-order valence-electron chi connectivity index (χ2n) is 2.05. The summed E-state index contributed by atoms with van der Waals surface area (Å²) in [5.74, 6) is 0. The van der Waals surface area contributed by atoms with Crippen LogP contribution in [0.2, 0.25) is 0 Å². The third kappa shape index (κ3) is 5.28. The molecule has 0 fully saturated rings. The predicted molar refractivity (Wildman–Crippen MR) is 39.1 cm³/mol. The molecular weight excluding hydrogens is 115 g/mol. The van der Waals surface area contributed by atoms with Crippen LogP contribution in [0, 0.1) is 0 Å². The monoisotopic (exact) mass is 128 g/mol. The van der Waals surface area contributed by atoms with E-state index in [-0.39, 0.29) is 0 Å². The molecule has 0 N–H and O–H groups in total. The fourth-order valence-corrected chi connectivity index (χ4v) is 0.387. The molecule has 1 atom stereocenters. The highest BCUT2D eigenvalue weighted by molar-refractivity contribution is 5.14. The van der Waals surface area contributed by atoms with Crippen molar-refractivity contribution >= 4 is 0 Å². The van der Waals surface area contributed by atoms with Crippen LogP contribution >= 0.6 is 0 Å². The first kappa shape index (κ1) is 8.41. The lowest BCUT2D eigenvalue weighted by molar-refractivity contribution is 0.430. The molecule has 0 aliphatic carbocycles. The summed E-state index contributed by atoms with van der Waals surface area (Å²) in [6.07, 6.45) is 3.27. The van der Waals surface area contributed by atoms with E-state index >= 15 is 0 Å². The van der Waals surface area contributed by atoms with Crippen LogP contribution in [-0.2, 0) is 0 Å². The van der Waals surface area contributed by atoms with Crippen LogP contribution in [0.5, 0.6) is 0 Å². The van der Waals surface area contributed by atoms with Gasteiger partial charge in [0.2, 0.25) is 0 Å². The Bertz CT molecular complexity index is 112. The van der Waals surface area contributed by atoms with E-state index in [9.17, 15) is 4.39 Å². The van der Waals surface area contributed by atoms with Crippen molar-refractivity contribution in [2.24, 2.45) is 0 Å². The minimum atomic E-state index is -0.853. The molecular formula is C8H13F. The van der Waals surface area contributed by atoms with Gasteiger partial charge in [0, 0.05) is 0 Å². The molecule has 0 aliphatic rings. The van der Waals surface area contributed by atoms with Crippen LogP contribution in [0.25, 0.3) is 0 Å². The number of hydrogen-bond donors (Lipinski definition) is 0. The average molecular weight is 128 g/mol. The zero-order valence-corrected chi connectivity index (χ0v) is 6.02. The maximum atomic E-state index is 12.1.